The van der Waals surface area contributed by atoms with E-state index < -0.39 is 23.5 Å². The summed E-state index contributed by atoms with van der Waals surface area (Å²) in [4.78, 5) is 41.4. The zero-order valence-corrected chi connectivity index (χ0v) is 15.9. The van der Waals surface area contributed by atoms with Gasteiger partial charge >= 0.3 is 0 Å². The molecule has 1 heterocycles. The maximum absolute atomic E-state index is 12.4. The molecule has 0 N–H and O–H groups in total. The van der Waals surface area contributed by atoms with Gasteiger partial charge in [-0.25, -0.2) is 9.78 Å². The van der Waals surface area contributed by atoms with E-state index in [-0.39, 0.29) is 6.61 Å². The smallest absolute Gasteiger partial charge is 0.266 e. The monoisotopic (exact) mass is 369 g/mol. The molecule has 1 unspecified atom stereocenters. The third-order valence-corrected chi connectivity index (χ3v) is 3.98. The first-order chi connectivity index (χ1) is 12.8. The molecule has 142 valence electrons. The number of carbonyl (C=O) groups is 2. The number of fused-ring (bicyclic) bond motifs is 1. The fourth-order valence-corrected chi connectivity index (χ4v) is 2.59. The van der Waals surface area contributed by atoms with Crippen molar-refractivity contribution in [2.45, 2.75) is 39.4 Å². The average molecular weight is 369 g/mol. The summed E-state index contributed by atoms with van der Waals surface area (Å²) in [5, 5.41) is 0.784. The molecule has 0 saturated carbocycles. The Bertz CT molecular complexity index is 803. The fourth-order valence-electron chi connectivity index (χ4n) is 2.59. The van der Waals surface area contributed by atoms with Crippen LogP contribution in [0.2, 0.25) is 0 Å². The van der Waals surface area contributed by atoms with Gasteiger partial charge in [0.15, 0.2) is 0 Å². The van der Waals surface area contributed by atoms with Crippen molar-refractivity contribution >= 4 is 11.8 Å². The number of rotatable bonds is 6. The van der Waals surface area contributed by atoms with E-state index in [1.807, 2.05) is 52.0 Å². The molecule has 0 saturated heterocycles. The summed E-state index contributed by atoms with van der Waals surface area (Å²) in [6, 6.07) is 14.3. The van der Waals surface area contributed by atoms with Crippen molar-refractivity contribution in [3.63, 3.8) is 0 Å². The summed E-state index contributed by atoms with van der Waals surface area (Å²) >= 11 is 0. The molecular weight excluding hydrogens is 346 g/mol. The Morgan fingerprint density at radius 1 is 0.926 bits per heavy atom. The van der Waals surface area contributed by atoms with Gasteiger partial charge in [-0.1, -0.05) is 42.0 Å². The van der Waals surface area contributed by atoms with Crippen molar-refractivity contribution in [2.24, 2.45) is 0 Å². The van der Waals surface area contributed by atoms with Gasteiger partial charge in [-0.15, -0.1) is 5.06 Å². The standard InChI is InChI=1S/C21H23NO5/c1-14-9-11-15(12-10-14)18(26-27-21(2,3)4)13-25-22-19(23)16-7-5-6-8-17(16)20(22)24/h5-12,18H,13H2,1-4H3. The first kappa shape index (κ1) is 19.2. The molecule has 1 aliphatic rings. The molecule has 3 rings (SSSR count). The number of aryl methyl sites for hydroxylation is 1. The zero-order valence-electron chi connectivity index (χ0n) is 15.9. The van der Waals surface area contributed by atoms with Gasteiger partial charge in [0.05, 0.1) is 16.7 Å². The lowest BCUT2D eigenvalue weighted by molar-refractivity contribution is -0.383. The van der Waals surface area contributed by atoms with Crippen LogP contribution in [0.4, 0.5) is 0 Å². The van der Waals surface area contributed by atoms with E-state index in [0.717, 1.165) is 16.2 Å². The highest BCUT2D eigenvalue weighted by Gasteiger charge is 2.37. The first-order valence-corrected chi connectivity index (χ1v) is 8.78. The lowest BCUT2D eigenvalue weighted by Gasteiger charge is -2.24. The minimum atomic E-state index is -0.603. The average Bonchev–Trinajstić information content (AvgIpc) is 2.87. The second-order valence-corrected chi connectivity index (χ2v) is 7.44. The highest BCUT2D eigenvalue weighted by Crippen LogP contribution is 2.26. The Labute approximate surface area is 158 Å². The number of amides is 2. The Kier molecular flexibility index (Phi) is 5.41. The molecular formula is C21H23NO5. The van der Waals surface area contributed by atoms with Gasteiger partial charge < -0.3 is 0 Å². The summed E-state index contributed by atoms with van der Waals surface area (Å²) in [7, 11) is 0. The third kappa shape index (κ3) is 4.42. The van der Waals surface area contributed by atoms with E-state index in [1.165, 1.54) is 0 Å². The van der Waals surface area contributed by atoms with Gasteiger partial charge in [0.25, 0.3) is 11.8 Å². The third-order valence-electron chi connectivity index (χ3n) is 3.98. The number of hydrogen-bond acceptors (Lipinski definition) is 5. The quantitative estimate of drug-likeness (QED) is 0.437. The maximum atomic E-state index is 12.4. The Balaban J connectivity index is 1.74. The molecule has 2 aromatic carbocycles. The van der Waals surface area contributed by atoms with Gasteiger partial charge in [0.2, 0.25) is 0 Å². The van der Waals surface area contributed by atoms with Gasteiger partial charge in [0, 0.05) is 0 Å². The van der Waals surface area contributed by atoms with Crippen molar-refractivity contribution in [3.8, 4) is 0 Å². The highest BCUT2D eigenvalue weighted by molar-refractivity contribution is 6.20. The summed E-state index contributed by atoms with van der Waals surface area (Å²) in [6.45, 7) is 7.53. The van der Waals surface area contributed by atoms with Gasteiger partial charge in [0.1, 0.15) is 12.7 Å². The number of hydroxylamine groups is 2. The van der Waals surface area contributed by atoms with Gasteiger partial charge in [-0.2, -0.15) is 0 Å². The SMILES string of the molecule is Cc1ccc(C(CON2C(=O)c3ccccc3C2=O)OOC(C)(C)C)cc1. The van der Waals surface area contributed by atoms with Gasteiger partial charge in [-0.05, 0) is 45.4 Å². The summed E-state index contributed by atoms with van der Waals surface area (Å²) < 4.78 is 0. The molecule has 0 spiro atoms. The largest absolute Gasteiger partial charge is 0.285 e. The predicted molar refractivity (Wildman–Crippen MR) is 98.7 cm³/mol. The van der Waals surface area contributed by atoms with E-state index in [1.54, 1.807) is 24.3 Å². The molecule has 27 heavy (non-hydrogen) atoms. The number of hydrogen-bond donors (Lipinski definition) is 0. The van der Waals surface area contributed by atoms with E-state index in [9.17, 15) is 9.59 Å². The molecule has 0 fully saturated rings. The Morgan fingerprint density at radius 2 is 1.48 bits per heavy atom. The summed E-state index contributed by atoms with van der Waals surface area (Å²) in [5.74, 6) is -0.954. The van der Waals surface area contributed by atoms with Crippen LogP contribution in [-0.2, 0) is 14.6 Å². The highest BCUT2D eigenvalue weighted by atomic mass is 17.2. The van der Waals surface area contributed by atoms with E-state index in [4.69, 9.17) is 14.6 Å². The topological polar surface area (TPSA) is 65.1 Å². The molecule has 2 aromatic rings. The van der Waals surface area contributed by atoms with Crippen LogP contribution in [0.3, 0.4) is 0 Å². The minimum absolute atomic E-state index is 0.0510. The van der Waals surface area contributed by atoms with E-state index >= 15 is 0 Å². The van der Waals surface area contributed by atoms with Crippen LogP contribution in [0.15, 0.2) is 48.5 Å². The molecule has 0 aromatic heterocycles. The maximum Gasteiger partial charge on any atom is 0.285 e. The molecule has 0 bridgehead atoms. The van der Waals surface area contributed by atoms with E-state index in [2.05, 4.69) is 0 Å². The van der Waals surface area contributed by atoms with Crippen molar-refractivity contribution in [1.82, 2.24) is 5.06 Å². The Morgan fingerprint density at radius 3 is 2.00 bits per heavy atom. The van der Waals surface area contributed by atoms with Crippen molar-refractivity contribution in [1.29, 1.82) is 0 Å². The number of carbonyl (C=O) groups excluding carboxylic acids is 2. The first-order valence-electron chi connectivity index (χ1n) is 8.78. The van der Waals surface area contributed by atoms with Crippen LogP contribution in [0.5, 0.6) is 0 Å². The van der Waals surface area contributed by atoms with E-state index in [0.29, 0.717) is 11.1 Å². The fraction of sp³-hybridized carbons (Fsp3) is 0.333. The van der Waals surface area contributed by atoms with Crippen LogP contribution in [-0.4, -0.2) is 29.1 Å². The molecule has 6 nitrogen and oxygen atoms in total. The summed E-state index contributed by atoms with van der Waals surface area (Å²) in [5.41, 5.74) is 2.08. The molecule has 0 radical (unpaired) electrons. The van der Waals surface area contributed by atoms with Crippen molar-refractivity contribution in [3.05, 3.63) is 70.8 Å². The molecule has 1 atom stereocenters. The molecule has 0 aliphatic carbocycles. The number of benzene rings is 2. The molecule has 6 heteroatoms. The minimum Gasteiger partial charge on any atom is -0.266 e. The molecule has 1 aliphatic heterocycles. The van der Waals surface area contributed by atoms with Crippen LogP contribution in [0.1, 0.15) is 58.7 Å². The second kappa shape index (κ2) is 7.60. The normalized spacial score (nSPS) is 15.2. The van der Waals surface area contributed by atoms with Gasteiger partial charge in [-0.3, -0.25) is 14.4 Å². The van der Waals surface area contributed by atoms with Crippen LogP contribution in [0.25, 0.3) is 0 Å². The number of nitrogens with zero attached hydrogens (tertiary/aromatic N) is 1. The Hall–Kier alpha value is -2.54. The van der Waals surface area contributed by atoms with Crippen LogP contribution in [0, 0.1) is 6.92 Å². The molecule has 2 amide bonds. The van der Waals surface area contributed by atoms with Crippen LogP contribution < -0.4 is 0 Å². The van der Waals surface area contributed by atoms with Crippen molar-refractivity contribution < 1.29 is 24.2 Å². The van der Waals surface area contributed by atoms with Crippen LogP contribution >= 0.6 is 0 Å². The second-order valence-electron chi connectivity index (χ2n) is 7.44. The lowest BCUT2D eigenvalue weighted by Crippen LogP contribution is -2.32. The summed E-state index contributed by atoms with van der Waals surface area (Å²) in [6.07, 6.45) is -0.603. The lowest BCUT2D eigenvalue weighted by atomic mass is 10.1. The van der Waals surface area contributed by atoms with Crippen molar-refractivity contribution in [2.75, 3.05) is 6.61 Å². The zero-order chi connectivity index (χ0) is 19.6. The number of imide groups is 1. The predicted octanol–water partition coefficient (Wildman–Crippen LogP) is 4.01.